The van der Waals surface area contributed by atoms with Crippen LogP contribution in [0.25, 0.3) is 21.8 Å². The highest BCUT2D eigenvalue weighted by molar-refractivity contribution is 6.03. The molecule has 0 amide bonds. The van der Waals surface area contributed by atoms with Gasteiger partial charge in [-0.15, -0.1) is 0 Å². The van der Waals surface area contributed by atoms with Crippen LogP contribution in [-0.4, -0.2) is 9.55 Å². The molecular weight excluding hydrogens is 212 g/mol. The summed E-state index contributed by atoms with van der Waals surface area (Å²) in [5.74, 6) is 0. The predicted octanol–water partition coefficient (Wildman–Crippen LogP) is 2.40. The maximum absolute atomic E-state index is 11.7. The van der Waals surface area contributed by atoms with Crippen LogP contribution in [0.4, 0.5) is 0 Å². The first kappa shape index (κ1) is 10.0. The number of fused-ring (bicyclic) bond motifs is 3. The van der Waals surface area contributed by atoms with E-state index in [4.69, 9.17) is 0 Å². The summed E-state index contributed by atoms with van der Waals surface area (Å²) in [4.78, 5) is 16.1. The van der Waals surface area contributed by atoms with Gasteiger partial charge in [0.15, 0.2) is 0 Å². The molecule has 0 unspecified atom stereocenters. The summed E-state index contributed by atoms with van der Waals surface area (Å²) in [5.41, 5.74) is 2.96. The number of hydrogen-bond acceptors (Lipinski definition) is 2. The smallest absolute Gasteiger partial charge is 0.250 e. The van der Waals surface area contributed by atoms with Gasteiger partial charge in [0.05, 0.1) is 11.0 Å². The molecule has 0 spiro atoms. The van der Waals surface area contributed by atoms with E-state index in [1.807, 2.05) is 18.2 Å². The third-order valence-corrected chi connectivity index (χ3v) is 3.21. The number of pyridine rings is 2. The molecule has 0 radical (unpaired) electrons. The molecule has 0 saturated carbocycles. The fraction of sp³-hybridized carbons (Fsp3) is 0.143. The van der Waals surface area contributed by atoms with E-state index < -0.39 is 0 Å². The molecule has 3 rings (SSSR count). The third-order valence-electron chi connectivity index (χ3n) is 3.21. The molecule has 0 fully saturated rings. The zero-order chi connectivity index (χ0) is 12.0. The standard InChI is InChI=1S/C14H12N2O/c1-9-7-8-15-13-11(9)5-3-10-4-6-12(17)16(2)14(10)13/h3-8H,1-2H3. The number of benzene rings is 1. The van der Waals surface area contributed by atoms with Crippen molar-refractivity contribution >= 4 is 21.8 Å². The van der Waals surface area contributed by atoms with E-state index in [1.54, 1.807) is 23.9 Å². The normalized spacial score (nSPS) is 11.2. The summed E-state index contributed by atoms with van der Waals surface area (Å²) < 4.78 is 1.66. The van der Waals surface area contributed by atoms with Crippen molar-refractivity contribution in [1.82, 2.24) is 9.55 Å². The van der Waals surface area contributed by atoms with Gasteiger partial charge < -0.3 is 4.57 Å². The monoisotopic (exact) mass is 224 g/mol. The van der Waals surface area contributed by atoms with Gasteiger partial charge in [-0.2, -0.15) is 0 Å². The van der Waals surface area contributed by atoms with Gasteiger partial charge >= 0.3 is 0 Å². The number of aromatic nitrogens is 2. The highest BCUT2D eigenvalue weighted by Gasteiger charge is 2.06. The molecule has 3 nitrogen and oxygen atoms in total. The second-order valence-corrected chi connectivity index (χ2v) is 4.26. The average molecular weight is 224 g/mol. The van der Waals surface area contributed by atoms with Gasteiger partial charge in [0.25, 0.3) is 5.56 Å². The molecular formula is C14H12N2O. The van der Waals surface area contributed by atoms with Gasteiger partial charge in [-0.05, 0) is 24.6 Å². The highest BCUT2D eigenvalue weighted by Crippen LogP contribution is 2.23. The van der Waals surface area contributed by atoms with Crippen molar-refractivity contribution < 1.29 is 0 Å². The lowest BCUT2D eigenvalue weighted by Crippen LogP contribution is -2.15. The van der Waals surface area contributed by atoms with E-state index in [2.05, 4.69) is 18.0 Å². The maximum Gasteiger partial charge on any atom is 0.250 e. The minimum Gasteiger partial charge on any atom is -0.309 e. The molecule has 0 N–H and O–H groups in total. The van der Waals surface area contributed by atoms with E-state index in [0.29, 0.717) is 0 Å². The van der Waals surface area contributed by atoms with Gasteiger partial charge in [-0.25, -0.2) is 0 Å². The van der Waals surface area contributed by atoms with E-state index >= 15 is 0 Å². The lowest BCUT2D eigenvalue weighted by Gasteiger charge is -2.08. The Morgan fingerprint density at radius 1 is 1.12 bits per heavy atom. The van der Waals surface area contributed by atoms with Gasteiger partial charge in [0, 0.05) is 30.1 Å². The molecule has 17 heavy (non-hydrogen) atoms. The van der Waals surface area contributed by atoms with Crippen molar-refractivity contribution in [3.8, 4) is 0 Å². The Morgan fingerprint density at radius 2 is 1.88 bits per heavy atom. The average Bonchev–Trinajstić information content (AvgIpc) is 2.34. The van der Waals surface area contributed by atoms with Crippen molar-refractivity contribution in [3.05, 3.63) is 52.4 Å². The summed E-state index contributed by atoms with van der Waals surface area (Å²) in [6.07, 6.45) is 1.79. The number of nitrogens with zero attached hydrogens (tertiary/aromatic N) is 2. The molecule has 1 aromatic carbocycles. The first-order chi connectivity index (χ1) is 8.18. The SMILES string of the molecule is Cc1ccnc2c1ccc1ccc(=O)n(C)c12. The van der Waals surface area contributed by atoms with Gasteiger partial charge in [-0.3, -0.25) is 9.78 Å². The Morgan fingerprint density at radius 3 is 2.71 bits per heavy atom. The van der Waals surface area contributed by atoms with E-state index in [0.717, 1.165) is 21.8 Å². The molecule has 3 aromatic rings. The van der Waals surface area contributed by atoms with Crippen LogP contribution < -0.4 is 5.56 Å². The number of rotatable bonds is 0. The predicted molar refractivity (Wildman–Crippen MR) is 69.2 cm³/mol. The van der Waals surface area contributed by atoms with Crippen molar-refractivity contribution in [2.45, 2.75) is 6.92 Å². The molecule has 3 heteroatoms. The molecule has 0 saturated heterocycles. The topological polar surface area (TPSA) is 34.9 Å². The highest BCUT2D eigenvalue weighted by atomic mass is 16.1. The Kier molecular flexibility index (Phi) is 2.01. The Labute approximate surface area is 98.3 Å². The fourth-order valence-corrected chi connectivity index (χ4v) is 2.23. The van der Waals surface area contributed by atoms with Gasteiger partial charge in [0.1, 0.15) is 0 Å². The summed E-state index contributed by atoms with van der Waals surface area (Å²) in [6.45, 7) is 2.05. The van der Waals surface area contributed by atoms with Crippen LogP contribution in [0.3, 0.4) is 0 Å². The van der Waals surface area contributed by atoms with Crippen LogP contribution in [0.2, 0.25) is 0 Å². The van der Waals surface area contributed by atoms with Crippen LogP contribution in [-0.2, 0) is 7.05 Å². The lowest BCUT2D eigenvalue weighted by molar-refractivity contribution is 0.908. The molecule has 0 aliphatic carbocycles. The summed E-state index contributed by atoms with van der Waals surface area (Å²) >= 11 is 0. The zero-order valence-electron chi connectivity index (χ0n) is 9.77. The molecule has 0 bridgehead atoms. The molecule has 2 heterocycles. The van der Waals surface area contributed by atoms with E-state index in [-0.39, 0.29) is 5.56 Å². The van der Waals surface area contributed by atoms with Crippen LogP contribution >= 0.6 is 0 Å². The largest absolute Gasteiger partial charge is 0.309 e. The Balaban J connectivity index is 2.68. The minimum atomic E-state index is -0.00620. The lowest BCUT2D eigenvalue weighted by atomic mass is 10.1. The molecule has 0 aliphatic heterocycles. The Bertz CT molecular complexity index is 787. The Hall–Kier alpha value is -2.16. The summed E-state index contributed by atoms with van der Waals surface area (Å²) in [5, 5.41) is 2.14. The van der Waals surface area contributed by atoms with Crippen LogP contribution in [0.5, 0.6) is 0 Å². The molecule has 2 aromatic heterocycles. The van der Waals surface area contributed by atoms with Crippen molar-refractivity contribution in [3.63, 3.8) is 0 Å². The fourth-order valence-electron chi connectivity index (χ4n) is 2.23. The van der Waals surface area contributed by atoms with Crippen LogP contribution in [0.1, 0.15) is 5.56 Å². The minimum absolute atomic E-state index is 0.00620. The molecule has 84 valence electrons. The van der Waals surface area contributed by atoms with E-state index in [9.17, 15) is 4.79 Å². The molecule has 0 aliphatic rings. The third kappa shape index (κ3) is 1.35. The second kappa shape index (κ2) is 3.42. The van der Waals surface area contributed by atoms with Crippen LogP contribution in [0, 0.1) is 6.92 Å². The quantitative estimate of drug-likeness (QED) is 0.549. The maximum atomic E-state index is 11.7. The first-order valence-corrected chi connectivity index (χ1v) is 5.52. The number of aryl methyl sites for hydroxylation is 2. The summed E-state index contributed by atoms with van der Waals surface area (Å²) in [7, 11) is 1.79. The molecule has 0 atom stereocenters. The summed E-state index contributed by atoms with van der Waals surface area (Å²) in [6, 6.07) is 9.51. The number of hydrogen-bond donors (Lipinski definition) is 0. The van der Waals surface area contributed by atoms with Crippen molar-refractivity contribution in [1.29, 1.82) is 0 Å². The zero-order valence-corrected chi connectivity index (χ0v) is 9.77. The van der Waals surface area contributed by atoms with Crippen molar-refractivity contribution in [2.75, 3.05) is 0 Å². The van der Waals surface area contributed by atoms with E-state index in [1.165, 1.54) is 5.56 Å². The van der Waals surface area contributed by atoms with Crippen LogP contribution in [0.15, 0.2) is 41.3 Å². The first-order valence-electron chi connectivity index (χ1n) is 5.52. The van der Waals surface area contributed by atoms with Gasteiger partial charge in [0.2, 0.25) is 0 Å². The second-order valence-electron chi connectivity index (χ2n) is 4.26. The van der Waals surface area contributed by atoms with Crippen molar-refractivity contribution in [2.24, 2.45) is 7.05 Å². The van der Waals surface area contributed by atoms with Gasteiger partial charge in [-0.1, -0.05) is 12.1 Å².